The van der Waals surface area contributed by atoms with Crippen LogP contribution in [0.5, 0.6) is 0 Å². The molecule has 0 aliphatic heterocycles. The summed E-state index contributed by atoms with van der Waals surface area (Å²) in [6.07, 6.45) is 1.10. The van der Waals surface area contributed by atoms with Crippen LogP contribution >= 0.6 is 34.9 Å². The maximum absolute atomic E-state index is 4.68. The van der Waals surface area contributed by atoms with Gasteiger partial charge in [-0.25, -0.2) is 0 Å². The molecule has 0 spiro atoms. The van der Waals surface area contributed by atoms with E-state index in [0.717, 1.165) is 17.7 Å². The van der Waals surface area contributed by atoms with E-state index in [2.05, 4.69) is 72.6 Å². The average Bonchev–Trinajstić information content (AvgIpc) is 3.17. The molecule has 2 aromatic heterocycles. The van der Waals surface area contributed by atoms with Crippen LogP contribution in [0.15, 0.2) is 47.5 Å². The Bertz CT molecular complexity index is 851. The topological polar surface area (TPSA) is 12.4 Å². The van der Waals surface area contributed by atoms with Crippen LogP contribution in [0.2, 0.25) is 0 Å². The summed E-state index contributed by atoms with van der Waals surface area (Å²) in [5.41, 5.74) is 3.24. The highest BCUT2D eigenvalue weighted by Gasteiger charge is 2.08. The molecule has 0 saturated heterocycles. The van der Waals surface area contributed by atoms with Gasteiger partial charge in [-0.05, 0) is 73.1 Å². The van der Waals surface area contributed by atoms with E-state index in [1.807, 2.05) is 28.7 Å². The molecule has 0 bridgehead atoms. The molecule has 0 atom stereocenters. The maximum atomic E-state index is 4.68. The molecule has 3 aromatic rings. The minimum absolute atomic E-state index is 0.890. The SMILES string of the molecule is CCc1ccc(-c2ccc(-c3ccc(N=C=S)c(C)c3)s2)s1. The Morgan fingerprint density at radius 2 is 1.73 bits per heavy atom. The number of aliphatic imine (C=N–C) groups is 1. The molecule has 22 heavy (non-hydrogen) atoms. The van der Waals surface area contributed by atoms with Gasteiger partial charge in [0, 0.05) is 19.5 Å². The third kappa shape index (κ3) is 3.11. The number of isothiocyanates is 1. The molecule has 0 fully saturated rings. The Morgan fingerprint density at radius 1 is 1.00 bits per heavy atom. The Morgan fingerprint density at radius 3 is 2.41 bits per heavy atom. The largest absolute Gasteiger partial charge is 0.194 e. The van der Waals surface area contributed by atoms with Gasteiger partial charge in [-0.2, -0.15) is 4.99 Å². The van der Waals surface area contributed by atoms with Crippen LogP contribution in [-0.4, -0.2) is 5.16 Å². The summed E-state index contributed by atoms with van der Waals surface area (Å²) >= 11 is 8.39. The van der Waals surface area contributed by atoms with E-state index in [1.54, 1.807) is 0 Å². The number of rotatable bonds is 4. The second-order valence-corrected chi connectivity index (χ2v) is 7.42. The number of thiophene rings is 2. The molecule has 0 amide bonds. The lowest BCUT2D eigenvalue weighted by atomic mass is 10.1. The second kappa shape index (κ2) is 6.67. The number of nitrogens with zero attached hydrogens (tertiary/aromatic N) is 1. The third-order valence-electron chi connectivity index (χ3n) is 3.51. The van der Waals surface area contributed by atoms with Gasteiger partial charge in [0.1, 0.15) is 0 Å². The molecule has 0 aliphatic carbocycles. The molecule has 1 nitrogen and oxygen atoms in total. The van der Waals surface area contributed by atoms with E-state index in [0.29, 0.717) is 0 Å². The Balaban J connectivity index is 1.93. The highest BCUT2D eigenvalue weighted by Crippen LogP contribution is 2.38. The van der Waals surface area contributed by atoms with Crippen molar-refractivity contribution in [3.05, 3.63) is 52.9 Å². The standard InChI is InChI=1S/C18H15NS3/c1-3-14-5-7-17(21-14)18-9-8-16(22-18)13-4-6-15(19-11-20)12(2)10-13/h4-10H,3H2,1-2H3. The Hall–Kier alpha value is -1.58. The van der Waals surface area contributed by atoms with Gasteiger partial charge < -0.3 is 0 Å². The summed E-state index contributed by atoms with van der Waals surface area (Å²) in [5.74, 6) is 0. The molecule has 0 N–H and O–H groups in total. The highest BCUT2D eigenvalue weighted by molar-refractivity contribution is 7.78. The van der Waals surface area contributed by atoms with E-state index in [4.69, 9.17) is 0 Å². The van der Waals surface area contributed by atoms with Crippen LogP contribution in [0, 0.1) is 6.92 Å². The molecule has 1 aromatic carbocycles. The van der Waals surface area contributed by atoms with Crippen molar-refractivity contribution in [1.82, 2.24) is 0 Å². The number of aryl methyl sites for hydroxylation is 2. The van der Waals surface area contributed by atoms with E-state index in [9.17, 15) is 0 Å². The lowest BCUT2D eigenvalue weighted by molar-refractivity contribution is 1.19. The molecule has 0 aliphatic rings. The molecule has 0 radical (unpaired) electrons. The summed E-state index contributed by atoms with van der Waals surface area (Å²) in [5, 5.41) is 2.43. The Labute approximate surface area is 144 Å². The zero-order valence-electron chi connectivity index (χ0n) is 12.4. The van der Waals surface area contributed by atoms with Crippen molar-refractivity contribution in [2.75, 3.05) is 0 Å². The predicted molar refractivity (Wildman–Crippen MR) is 102 cm³/mol. The van der Waals surface area contributed by atoms with Gasteiger partial charge in [-0.1, -0.05) is 13.0 Å². The van der Waals surface area contributed by atoms with E-state index in [-0.39, 0.29) is 0 Å². The summed E-state index contributed by atoms with van der Waals surface area (Å²) in [4.78, 5) is 9.47. The van der Waals surface area contributed by atoms with Crippen molar-refractivity contribution in [3.8, 4) is 20.2 Å². The summed E-state index contributed by atoms with van der Waals surface area (Å²) in [6.45, 7) is 4.25. The molecule has 0 saturated carbocycles. The molecule has 2 heterocycles. The quantitative estimate of drug-likeness (QED) is 0.378. The number of hydrogen-bond donors (Lipinski definition) is 0. The van der Waals surface area contributed by atoms with Gasteiger partial charge in [-0.3, -0.25) is 0 Å². The normalized spacial score (nSPS) is 10.5. The van der Waals surface area contributed by atoms with Crippen LogP contribution in [0.25, 0.3) is 20.2 Å². The first kappa shape index (κ1) is 15.3. The third-order valence-corrected chi connectivity index (χ3v) is 6.16. The molecule has 3 rings (SSSR count). The molecular weight excluding hydrogens is 326 g/mol. The van der Waals surface area contributed by atoms with Crippen molar-refractivity contribution in [3.63, 3.8) is 0 Å². The molecule has 0 unspecified atom stereocenters. The number of thiocarbonyl (C=S) groups is 1. The van der Waals surface area contributed by atoms with Gasteiger partial charge in [0.15, 0.2) is 0 Å². The fourth-order valence-electron chi connectivity index (χ4n) is 2.31. The first-order chi connectivity index (χ1) is 10.7. The predicted octanol–water partition coefficient (Wildman–Crippen LogP) is 6.75. The molecule has 110 valence electrons. The highest BCUT2D eigenvalue weighted by atomic mass is 32.1. The van der Waals surface area contributed by atoms with Gasteiger partial charge in [0.05, 0.1) is 10.8 Å². The Kier molecular flexibility index (Phi) is 4.65. The van der Waals surface area contributed by atoms with Crippen molar-refractivity contribution in [2.45, 2.75) is 20.3 Å². The van der Waals surface area contributed by atoms with Crippen LogP contribution in [0.1, 0.15) is 17.4 Å². The van der Waals surface area contributed by atoms with Crippen molar-refractivity contribution in [2.24, 2.45) is 4.99 Å². The molecular formula is C18H15NS3. The fourth-order valence-corrected chi connectivity index (χ4v) is 4.45. The van der Waals surface area contributed by atoms with Crippen LogP contribution in [-0.2, 0) is 6.42 Å². The monoisotopic (exact) mass is 341 g/mol. The zero-order chi connectivity index (χ0) is 15.5. The average molecular weight is 342 g/mol. The van der Waals surface area contributed by atoms with Crippen LogP contribution < -0.4 is 0 Å². The van der Waals surface area contributed by atoms with Gasteiger partial charge in [-0.15, -0.1) is 22.7 Å². The van der Waals surface area contributed by atoms with Gasteiger partial charge in [0.2, 0.25) is 0 Å². The second-order valence-electron chi connectivity index (χ2n) is 4.99. The van der Waals surface area contributed by atoms with Gasteiger partial charge >= 0.3 is 0 Å². The van der Waals surface area contributed by atoms with Crippen LogP contribution in [0.3, 0.4) is 0 Å². The first-order valence-electron chi connectivity index (χ1n) is 7.09. The summed E-state index contributed by atoms with van der Waals surface area (Å²) in [7, 11) is 0. The summed E-state index contributed by atoms with van der Waals surface area (Å²) in [6, 6.07) is 15.1. The van der Waals surface area contributed by atoms with E-state index >= 15 is 0 Å². The number of hydrogen-bond acceptors (Lipinski definition) is 4. The minimum atomic E-state index is 0.890. The fraction of sp³-hybridized carbons (Fsp3) is 0.167. The zero-order valence-corrected chi connectivity index (χ0v) is 14.9. The van der Waals surface area contributed by atoms with Crippen molar-refractivity contribution in [1.29, 1.82) is 0 Å². The number of benzene rings is 1. The first-order valence-corrected chi connectivity index (χ1v) is 9.13. The summed E-state index contributed by atoms with van der Waals surface area (Å²) < 4.78 is 0. The van der Waals surface area contributed by atoms with E-state index in [1.165, 1.54) is 25.1 Å². The van der Waals surface area contributed by atoms with Gasteiger partial charge in [0.25, 0.3) is 0 Å². The lowest BCUT2D eigenvalue weighted by Gasteiger charge is -2.02. The van der Waals surface area contributed by atoms with Crippen LogP contribution in [0.4, 0.5) is 5.69 Å². The maximum Gasteiger partial charge on any atom is 0.0769 e. The smallest absolute Gasteiger partial charge is 0.0769 e. The van der Waals surface area contributed by atoms with E-state index < -0.39 is 0 Å². The molecule has 4 heteroatoms. The minimum Gasteiger partial charge on any atom is -0.194 e. The lowest BCUT2D eigenvalue weighted by Crippen LogP contribution is -1.77. The van der Waals surface area contributed by atoms with Crippen molar-refractivity contribution >= 4 is 45.7 Å². The van der Waals surface area contributed by atoms with Crippen molar-refractivity contribution < 1.29 is 0 Å².